The van der Waals surface area contributed by atoms with E-state index in [0.717, 1.165) is 24.0 Å². The smallest absolute Gasteiger partial charge is 0.404 e. The van der Waals surface area contributed by atoms with Gasteiger partial charge in [0, 0.05) is 0 Å². The van der Waals surface area contributed by atoms with Crippen LogP contribution >= 0.6 is 7.82 Å². The van der Waals surface area contributed by atoms with E-state index in [9.17, 15) is 4.57 Å². The van der Waals surface area contributed by atoms with Gasteiger partial charge in [0.2, 0.25) is 0 Å². The van der Waals surface area contributed by atoms with Crippen molar-refractivity contribution in [3.8, 4) is 5.75 Å². The van der Waals surface area contributed by atoms with Crippen molar-refractivity contribution in [1.29, 1.82) is 0 Å². The summed E-state index contributed by atoms with van der Waals surface area (Å²) in [7, 11) is -4.45. The fraction of sp³-hybridized carbons (Fsp3) is 0.400. The number of hydrogen-bond donors (Lipinski definition) is 2. The number of phosphoric ester groups is 1. The quantitative estimate of drug-likeness (QED) is 0.779. The summed E-state index contributed by atoms with van der Waals surface area (Å²) in [6.45, 7) is 3.96. The summed E-state index contributed by atoms with van der Waals surface area (Å²) in [4.78, 5) is 17.4. The third-order valence-electron chi connectivity index (χ3n) is 2.07. The molecule has 0 aliphatic heterocycles. The number of rotatable bonds is 4. The summed E-state index contributed by atoms with van der Waals surface area (Å²) in [5.74, 6) is 0.236. The van der Waals surface area contributed by atoms with E-state index in [4.69, 9.17) is 9.79 Å². The molecule has 0 aromatic heterocycles. The molecule has 0 amide bonds. The molecule has 15 heavy (non-hydrogen) atoms. The molecular weight excluding hydrogens is 215 g/mol. The van der Waals surface area contributed by atoms with Crippen LogP contribution in [0, 0.1) is 0 Å². The predicted octanol–water partition coefficient (Wildman–Crippen LogP) is 2.28. The second-order valence-electron chi connectivity index (χ2n) is 3.27. The molecule has 84 valence electrons. The van der Waals surface area contributed by atoms with Gasteiger partial charge < -0.3 is 4.52 Å². The Hall–Kier alpha value is -0.830. The lowest BCUT2D eigenvalue weighted by molar-refractivity contribution is 0.283. The van der Waals surface area contributed by atoms with Crippen LogP contribution in [0.15, 0.2) is 18.2 Å². The zero-order valence-electron chi connectivity index (χ0n) is 8.80. The minimum atomic E-state index is -4.45. The van der Waals surface area contributed by atoms with Crippen LogP contribution in [0.25, 0.3) is 0 Å². The SMILES string of the molecule is CCc1cc(CC)cc(OP(=O)(O)O)c1. The highest BCUT2D eigenvalue weighted by Crippen LogP contribution is 2.38. The van der Waals surface area contributed by atoms with Gasteiger partial charge in [0.05, 0.1) is 0 Å². The van der Waals surface area contributed by atoms with E-state index in [2.05, 4.69) is 4.52 Å². The molecule has 1 rings (SSSR count). The van der Waals surface area contributed by atoms with E-state index in [1.165, 1.54) is 0 Å². The summed E-state index contributed by atoms with van der Waals surface area (Å²) in [5, 5.41) is 0. The summed E-state index contributed by atoms with van der Waals surface area (Å²) >= 11 is 0. The van der Waals surface area contributed by atoms with E-state index in [1.807, 2.05) is 19.9 Å². The molecule has 0 saturated heterocycles. The minimum Gasteiger partial charge on any atom is -0.404 e. The van der Waals surface area contributed by atoms with Crippen LogP contribution in [0.3, 0.4) is 0 Å². The first-order valence-corrected chi connectivity index (χ1v) is 6.35. The molecule has 0 bridgehead atoms. The Kier molecular flexibility index (Phi) is 3.91. The number of benzene rings is 1. The molecule has 0 fully saturated rings. The normalized spacial score (nSPS) is 11.5. The molecule has 5 heteroatoms. The summed E-state index contributed by atoms with van der Waals surface area (Å²) in [6, 6.07) is 5.31. The average molecular weight is 230 g/mol. The fourth-order valence-corrected chi connectivity index (χ4v) is 1.71. The van der Waals surface area contributed by atoms with Crippen LogP contribution in [-0.2, 0) is 17.4 Å². The van der Waals surface area contributed by atoms with Gasteiger partial charge in [0.25, 0.3) is 0 Å². The van der Waals surface area contributed by atoms with Crippen LogP contribution in [-0.4, -0.2) is 9.79 Å². The van der Waals surface area contributed by atoms with Gasteiger partial charge in [-0.05, 0) is 36.1 Å². The van der Waals surface area contributed by atoms with Gasteiger partial charge in [-0.25, -0.2) is 4.57 Å². The van der Waals surface area contributed by atoms with E-state index >= 15 is 0 Å². The molecule has 0 atom stereocenters. The minimum absolute atomic E-state index is 0.236. The van der Waals surface area contributed by atoms with Crippen molar-refractivity contribution in [3.05, 3.63) is 29.3 Å². The lowest BCUT2D eigenvalue weighted by atomic mass is 10.1. The van der Waals surface area contributed by atoms with Crippen LogP contribution in [0.2, 0.25) is 0 Å². The molecule has 4 nitrogen and oxygen atoms in total. The zero-order valence-corrected chi connectivity index (χ0v) is 9.70. The van der Waals surface area contributed by atoms with E-state index in [0.29, 0.717) is 0 Å². The summed E-state index contributed by atoms with van der Waals surface area (Å²) in [5.41, 5.74) is 2.02. The van der Waals surface area contributed by atoms with E-state index in [-0.39, 0.29) is 5.75 Å². The summed E-state index contributed by atoms with van der Waals surface area (Å²) in [6.07, 6.45) is 1.62. The molecule has 1 aromatic rings. The van der Waals surface area contributed by atoms with Gasteiger partial charge in [-0.2, -0.15) is 0 Å². The maximum atomic E-state index is 10.7. The van der Waals surface area contributed by atoms with Crippen molar-refractivity contribution in [3.63, 3.8) is 0 Å². The maximum absolute atomic E-state index is 10.7. The molecule has 0 heterocycles. The van der Waals surface area contributed by atoms with Crippen LogP contribution in [0.5, 0.6) is 5.75 Å². The van der Waals surface area contributed by atoms with Crippen molar-refractivity contribution < 1.29 is 18.9 Å². The van der Waals surface area contributed by atoms with Gasteiger partial charge in [-0.3, -0.25) is 9.79 Å². The molecule has 0 spiro atoms. The predicted molar refractivity (Wildman–Crippen MR) is 57.9 cm³/mol. The Balaban J connectivity index is 3.02. The van der Waals surface area contributed by atoms with Crippen molar-refractivity contribution in [2.75, 3.05) is 0 Å². The lowest BCUT2D eigenvalue weighted by Crippen LogP contribution is -1.93. The summed E-state index contributed by atoms with van der Waals surface area (Å²) < 4.78 is 15.2. The third-order valence-corrected chi connectivity index (χ3v) is 2.52. The van der Waals surface area contributed by atoms with Gasteiger partial charge in [-0.15, -0.1) is 0 Å². The van der Waals surface area contributed by atoms with Crippen LogP contribution in [0.4, 0.5) is 0 Å². The van der Waals surface area contributed by atoms with Gasteiger partial charge in [0.1, 0.15) is 5.75 Å². The largest absolute Gasteiger partial charge is 0.524 e. The third kappa shape index (κ3) is 4.04. The molecule has 0 aliphatic carbocycles. The number of hydrogen-bond acceptors (Lipinski definition) is 2. The first kappa shape index (κ1) is 12.2. The van der Waals surface area contributed by atoms with Crippen molar-refractivity contribution >= 4 is 7.82 Å². The molecule has 0 unspecified atom stereocenters. The first-order valence-electron chi connectivity index (χ1n) is 4.82. The van der Waals surface area contributed by atoms with Crippen molar-refractivity contribution in [2.45, 2.75) is 26.7 Å². The number of phosphoric acid groups is 1. The highest BCUT2D eigenvalue weighted by Gasteiger charge is 2.16. The zero-order chi connectivity index (χ0) is 11.5. The molecule has 0 aliphatic rings. The topological polar surface area (TPSA) is 66.8 Å². The van der Waals surface area contributed by atoms with Crippen molar-refractivity contribution in [1.82, 2.24) is 0 Å². The second kappa shape index (κ2) is 4.79. The van der Waals surface area contributed by atoms with Crippen LogP contribution < -0.4 is 4.52 Å². The molecule has 0 saturated carbocycles. The first-order chi connectivity index (χ1) is 6.94. The molecular formula is C10H15O4P. The highest BCUT2D eigenvalue weighted by molar-refractivity contribution is 7.46. The molecule has 0 radical (unpaired) electrons. The Bertz CT molecular complexity index is 361. The Morgan fingerprint density at radius 3 is 1.93 bits per heavy atom. The van der Waals surface area contributed by atoms with Crippen LogP contribution in [0.1, 0.15) is 25.0 Å². The Morgan fingerprint density at radius 2 is 1.60 bits per heavy atom. The second-order valence-corrected chi connectivity index (χ2v) is 4.44. The fourth-order valence-electron chi connectivity index (χ4n) is 1.33. The van der Waals surface area contributed by atoms with E-state index in [1.54, 1.807) is 12.1 Å². The monoisotopic (exact) mass is 230 g/mol. The number of aryl methyl sites for hydroxylation is 2. The van der Waals surface area contributed by atoms with Gasteiger partial charge in [-0.1, -0.05) is 19.9 Å². The van der Waals surface area contributed by atoms with Gasteiger partial charge in [0.15, 0.2) is 0 Å². The molecule has 1 aromatic carbocycles. The highest BCUT2D eigenvalue weighted by atomic mass is 31.2. The average Bonchev–Trinajstić information content (AvgIpc) is 2.14. The molecule has 2 N–H and O–H groups in total. The standard InChI is InChI=1S/C10H15O4P/c1-3-8-5-9(4-2)7-10(6-8)14-15(11,12)13/h5-7H,3-4H2,1-2H3,(H2,11,12,13). The van der Waals surface area contributed by atoms with Crippen molar-refractivity contribution in [2.24, 2.45) is 0 Å². The lowest BCUT2D eigenvalue weighted by Gasteiger charge is -2.09. The Labute approximate surface area is 89.1 Å². The Morgan fingerprint density at radius 1 is 1.13 bits per heavy atom. The maximum Gasteiger partial charge on any atom is 0.524 e. The van der Waals surface area contributed by atoms with E-state index < -0.39 is 7.82 Å². The van der Waals surface area contributed by atoms with Gasteiger partial charge >= 0.3 is 7.82 Å².